The third kappa shape index (κ3) is 2.47. The number of alkyl halides is 3. The Bertz CT molecular complexity index is 568. The monoisotopic (exact) mass is 321 g/mol. The van der Waals surface area contributed by atoms with E-state index in [9.17, 15) is 13.2 Å². The summed E-state index contributed by atoms with van der Waals surface area (Å²) >= 11 is 3.17. The molecule has 0 unspecified atom stereocenters. The van der Waals surface area contributed by atoms with E-state index in [1.807, 2.05) is 0 Å². The quantitative estimate of drug-likeness (QED) is 0.918. The number of halogens is 4. The molecule has 0 atom stereocenters. The van der Waals surface area contributed by atoms with Crippen LogP contribution in [0.15, 0.2) is 27.3 Å². The topological polar surface area (TPSA) is 51.0 Å². The maximum Gasteiger partial charge on any atom is 0.433 e. The van der Waals surface area contributed by atoms with Gasteiger partial charge in [-0.15, -0.1) is 0 Å². The lowest BCUT2D eigenvalue weighted by molar-refractivity contribution is -0.141. The number of nitrogens with one attached hydrogen (secondary N) is 1. The van der Waals surface area contributed by atoms with Gasteiger partial charge in [-0.2, -0.15) is 13.2 Å². The fraction of sp³-hybridized carbons (Fsp3) is 0.200. The average Bonchev–Trinajstić information content (AvgIpc) is 2.73. The summed E-state index contributed by atoms with van der Waals surface area (Å²) in [6, 6.07) is 2.41. The van der Waals surface area contributed by atoms with Crippen LogP contribution in [0, 0.1) is 0 Å². The van der Waals surface area contributed by atoms with Gasteiger partial charge < -0.3 is 9.73 Å². The Kier molecular flexibility index (Phi) is 3.29. The minimum Gasteiger partial charge on any atom is -0.461 e. The highest BCUT2D eigenvalue weighted by Gasteiger charge is 2.34. The van der Waals surface area contributed by atoms with Crippen molar-refractivity contribution in [1.29, 1.82) is 0 Å². The Morgan fingerprint density at radius 3 is 2.56 bits per heavy atom. The largest absolute Gasteiger partial charge is 0.461 e. The highest BCUT2D eigenvalue weighted by Crippen LogP contribution is 2.33. The van der Waals surface area contributed by atoms with E-state index in [4.69, 9.17) is 4.42 Å². The predicted molar refractivity (Wildman–Crippen MR) is 62.0 cm³/mol. The molecule has 0 aromatic carbocycles. The van der Waals surface area contributed by atoms with E-state index in [-0.39, 0.29) is 17.4 Å². The van der Waals surface area contributed by atoms with Crippen molar-refractivity contribution in [2.75, 3.05) is 12.4 Å². The van der Waals surface area contributed by atoms with Crippen molar-refractivity contribution >= 4 is 21.9 Å². The molecule has 96 valence electrons. The van der Waals surface area contributed by atoms with Gasteiger partial charge >= 0.3 is 6.18 Å². The van der Waals surface area contributed by atoms with Crippen LogP contribution < -0.4 is 5.32 Å². The molecule has 0 aliphatic rings. The van der Waals surface area contributed by atoms with Crippen molar-refractivity contribution < 1.29 is 17.6 Å². The number of hydrogen-bond donors (Lipinski definition) is 1. The first-order valence-electron chi connectivity index (χ1n) is 4.79. The van der Waals surface area contributed by atoms with Gasteiger partial charge in [0, 0.05) is 7.05 Å². The molecule has 2 aromatic rings. The van der Waals surface area contributed by atoms with Gasteiger partial charge in [-0.25, -0.2) is 9.97 Å². The second-order valence-electron chi connectivity index (χ2n) is 3.31. The van der Waals surface area contributed by atoms with E-state index in [2.05, 4.69) is 31.2 Å². The zero-order valence-electron chi connectivity index (χ0n) is 9.05. The minimum absolute atomic E-state index is 0.0542. The van der Waals surface area contributed by atoms with Gasteiger partial charge in [-0.3, -0.25) is 0 Å². The summed E-state index contributed by atoms with van der Waals surface area (Å²) in [5.74, 6) is 0.0996. The van der Waals surface area contributed by atoms with Crippen LogP contribution in [0.5, 0.6) is 0 Å². The molecule has 0 radical (unpaired) electrons. The van der Waals surface area contributed by atoms with Crippen LogP contribution in [0.25, 0.3) is 11.5 Å². The molecule has 0 bridgehead atoms. The predicted octanol–water partition coefficient (Wildman–Crippen LogP) is 3.56. The van der Waals surface area contributed by atoms with Crippen LogP contribution in [0.2, 0.25) is 0 Å². The number of rotatable bonds is 2. The summed E-state index contributed by atoms with van der Waals surface area (Å²) in [4.78, 5) is 7.28. The molecule has 0 spiro atoms. The summed E-state index contributed by atoms with van der Waals surface area (Å²) < 4.78 is 43.6. The van der Waals surface area contributed by atoms with E-state index in [0.717, 1.165) is 6.07 Å². The van der Waals surface area contributed by atoms with Gasteiger partial charge in [0.1, 0.15) is 5.69 Å². The first-order valence-corrected chi connectivity index (χ1v) is 5.58. The molecule has 0 aliphatic heterocycles. The molecule has 1 N–H and O–H groups in total. The van der Waals surface area contributed by atoms with Gasteiger partial charge in [-0.1, -0.05) is 0 Å². The van der Waals surface area contributed by atoms with Gasteiger partial charge in [0.25, 0.3) is 0 Å². The molecule has 8 heteroatoms. The first kappa shape index (κ1) is 12.9. The first-order chi connectivity index (χ1) is 8.41. The molecule has 4 nitrogen and oxygen atoms in total. The van der Waals surface area contributed by atoms with Crippen molar-refractivity contribution in [3.8, 4) is 11.5 Å². The number of furan rings is 1. The van der Waals surface area contributed by atoms with Gasteiger partial charge in [0.15, 0.2) is 11.5 Å². The second kappa shape index (κ2) is 4.60. The molecule has 0 amide bonds. The maximum atomic E-state index is 12.7. The van der Waals surface area contributed by atoms with E-state index >= 15 is 0 Å². The van der Waals surface area contributed by atoms with Crippen LogP contribution >= 0.6 is 15.9 Å². The van der Waals surface area contributed by atoms with Crippen molar-refractivity contribution in [2.24, 2.45) is 0 Å². The van der Waals surface area contributed by atoms with E-state index < -0.39 is 11.9 Å². The van der Waals surface area contributed by atoms with Gasteiger partial charge in [0.05, 0.1) is 10.7 Å². The fourth-order valence-corrected chi connectivity index (χ4v) is 1.70. The van der Waals surface area contributed by atoms with Crippen LogP contribution in [0.1, 0.15) is 5.69 Å². The molecule has 0 saturated carbocycles. The molecular weight excluding hydrogens is 315 g/mol. The Morgan fingerprint density at radius 1 is 1.33 bits per heavy atom. The second-order valence-corrected chi connectivity index (χ2v) is 4.16. The lowest BCUT2D eigenvalue weighted by atomic mass is 10.2. The SMILES string of the molecule is CNc1nc(-c2occc2Br)cc(C(F)(F)F)n1. The smallest absolute Gasteiger partial charge is 0.433 e. The summed E-state index contributed by atoms with van der Waals surface area (Å²) in [6.45, 7) is 0. The van der Waals surface area contributed by atoms with Crippen LogP contribution in [-0.4, -0.2) is 17.0 Å². The summed E-state index contributed by atoms with van der Waals surface area (Å²) in [5, 5.41) is 2.48. The Morgan fingerprint density at radius 2 is 2.06 bits per heavy atom. The number of hydrogen-bond acceptors (Lipinski definition) is 4. The minimum atomic E-state index is -4.54. The van der Waals surface area contributed by atoms with Crippen molar-refractivity contribution in [1.82, 2.24) is 9.97 Å². The Labute approximate surface area is 108 Å². The van der Waals surface area contributed by atoms with Crippen molar-refractivity contribution in [3.05, 3.63) is 28.6 Å². The molecule has 2 aromatic heterocycles. The Hall–Kier alpha value is -1.57. The lowest BCUT2D eigenvalue weighted by Gasteiger charge is -2.09. The zero-order valence-corrected chi connectivity index (χ0v) is 10.6. The number of aromatic nitrogens is 2. The standard InChI is InChI=1S/C10H7BrF3N3O/c1-15-9-16-6(8-5(11)2-3-18-8)4-7(17-9)10(12,13)14/h2-4H,1H3,(H,15,16,17). The maximum absolute atomic E-state index is 12.7. The normalized spacial score (nSPS) is 11.6. The summed E-state index contributed by atoms with van der Waals surface area (Å²) in [6.07, 6.45) is -3.18. The molecule has 0 fully saturated rings. The molecule has 0 saturated heterocycles. The fourth-order valence-electron chi connectivity index (χ4n) is 1.30. The van der Waals surface area contributed by atoms with Gasteiger partial charge in [0.2, 0.25) is 5.95 Å². The highest BCUT2D eigenvalue weighted by atomic mass is 79.9. The summed E-state index contributed by atoms with van der Waals surface area (Å²) in [5.41, 5.74) is -0.973. The van der Waals surface area contributed by atoms with E-state index in [1.165, 1.54) is 13.3 Å². The molecule has 2 rings (SSSR count). The molecule has 0 aliphatic carbocycles. The van der Waals surface area contributed by atoms with Crippen LogP contribution in [-0.2, 0) is 6.18 Å². The van der Waals surface area contributed by atoms with E-state index in [0.29, 0.717) is 4.47 Å². The molecular formula is C10H7BrF3N3O. The number of anilines is 1. The third-order valence-corrected chi connectivity index (χ3v) is 2.71. The van der Waals surface area contributed by atoms with Crippen molar-refractivity contribution in [2.45, 2.75) is 6.18 Å². The molecule has 2 heterocycles. The Balaban J connectivity index is 2.58. The van der Waals surface area contributed by atoms with Gasteiger partial charge in [-0.05, 0) is 28.1 Å². The lowest BCUT2D eigenvalue weighted by Crippen LogP contribution is -2.11. The average molecular weight is 322 g/mol. The van der Waals surface area contributed by atoms with E-state index in [1.54, 1.807) is 6.07 Å². The third-order valence-electron chi connectivity index (χ3n) is 2.09. The summed E-state index contributed by atoms with van der Waals surface area (Å²) in [7, 11) is 1.44. The highest BCUT2D eigenvalue weighted by molar-refractivity contribution is 9.10. The van der Waals surface area contributed by atoms with Crippen LogP contribution in [0.4, 0.5) is 19.1 Å². The number of nitrogens with zero attached hydrogens (tertiary/aromatic N) is 2. The van der Waals surface area contributed by atoms with Crippen molar-refractivity contribution in [3.63, 3.8) is 0 Å². The zero-order chi connectivity index (χ0) is 13.3. The molecule has 18 heavy (non-hydrogen) atoms. The van der Waals surface area contributed by atoms with Crippen LogP contribution in [0.3, 0.4) is 0 Å².